The van der Waals surface area contributed by atoms with E-state index in [9.17, 15) is 18.4 Å². The fourth-order valence-electron chi connectivity index (χ4n) is 2.34. The first-order valence-corrected chi connectivity index (χ1v) is 7.57. The normalized spacial score (nSPS) is 21.4. The van der Waals surface area contributed by atoms with E-state index in [2.05, 4.69) is 0 Å². The third-order valence-corrected chi connectivity index (χ3v) is 3.30. The summed E-state index contributed by atoms with van der Waals surface area (Å²) in [4.78, 5) is 24.6. The van der Waals surface area contributed by atoms with Gasteiger partial charge in [-0.2, -0.15) is 0 Å². The monoisotopic (exact) mass is 321 g/mol. The molecule has 1 amide bonds. The van der Waals surface area contributed by atoms with E-state index < -0.39 is 30.2 Å². The number of carbonyl (C=O) groups is 2. The predicted octanol–water partition coefficient (Wildman–Crippen LogP) is 3.36. The van der Waals surface area contributed by atoms with Gasteiger partial charge in [-0.3, -0.25) is 9.69 Å². The standard InChI is InChI=1S/C15H25F2NO4/c1-5-21-12(19)7-6-11-8-9-15(16,17)10-18(11)13(20)22-14(2,3)4/h11H,5-10H2,1-4H3. The molecule has 0 aromatic carbocycles. The van der Waals surface area contributed by atoms with Crippen molar-refractivity contribution in [2.75, 3.05) is 13.2 Å². The molecule has 0 saturated carbocycles. The number of hydrogen-bond donors (Lipinski definition) is 0. The van der Waals surface area contributed by atoms with Gasteiger partial charge in [0.1, 0.15) is 5.60 Å². The highest BCUT2D eigenvalue weighted by molar-refractivity contribution is 5.70. The number of esters is 1. The molecular formula is C15H25F2NO4. The first kappa shape index (κ1) is 18.6. The second-order valence-electron chi connectivity index (χ2n) is 6.50. The van der Waals surface area contributed by atoms with E-state index in [0.717, 1.165) is 4.90 Å². The highest BCUT2D eigenvalue weighted by atomic mass is 19.3. The summed E-state index contributed by atoms with van der Waals surface area (Å²) in [5.41, 5.74) is -0.754. The largest absolute Gasteiger partial charge is 0.466 e. The molecule has 1 saturated heterocycles. The molecule has 1 aliphatic rings. The number of alkyl halides is 2. The number of likely N-dealkylation sites (tertiary alicyclic amines) is 1. The smallest absolute Gasteiger partial charge is 0.410 e. The minimum absolute atomic E-state index is 0.101. The van der Waals surface area contributed by atoms with Crippen LogP contribution in [0.5, 0.6) is 0 Å². The minimum Gasteiger partial charge on any atom is -0.466 e. The van der Waals surface area contributed by atoms with Gasteiger partial charge in [-0.05, 0) is 40.5 Å². The van der Waals surface area contributed by atoms with Gasteiger partial charge < -0.3 is 9.47 Å². The van der Waals surface area contributed by atoms with Gasteiger partial charge in [0, 0.05) is 18.9 Å². The van der Waals surface area contributed by atoms with Gasteiger partial charge in [0.2, 0.25) is 0 Å². The molecule has 1 heterocycles. The van der Waals surface area contributed by atoms with E-state index >= 15 is 0 Å². The summed E-state index contributed by atoms with van der Waals surface area (Å²) in [5, 5.41) is 0. The maximum absolute atomic E-state index is 13.6. The maximum Gasteiger partial charge on any atom is 0.410 e. The van der Waals surface area contributed by atoms with Crippen molar-refractivity contribution in [3.63, 3.8) is 0 Å². The number of amides is 1. The zero-order chi connectivity index (χ0) is 17.0. The number of ether oxygens (including phenoxy) is 2. The fraction of sp³-hybridized carbons (Fsp3) is 0.867. The molecule has 5 nitrogen and oxygen atoms in total. The molecule has 1 atom stereocenters. The Bertz CT molecular complexity index is 407. The summed E-state index contributed by atoms with van der Waals surface area (Å²) in [6, 6.07) is -0.432. The number of nitrogens with zero attached hydrogens (tertiary/aromatic N) is 1. The van der Waals surface area contributed by atoms with Crippen molar-refractivity contribution in [3.8, 4) is 0 Å². The summed E-state index contributed by atoms with van der Waals surface area (Å²) < 4.78 is 37.2. The van der Waals surface area contributed by atoms with Crippen molar-refractivity contribution < 1.29 is 27.8 Å². The zero-order valence-electron chi connectivity index (χ0n) is 13.7. The minimum atomic E-state index is -2.92. The van der Waals surface area contributed by atoms with Crippen LogP contribution in [0.4, 0.5) is 13.6 Å². The highest BCUT2D eigenvalue weighted by Crippen LogP contribution is 2.33. The first-order chi connectivity index (χ1) is 10.0. The van der Waals surface area contributed by atoms with Crippen LogP contribution in [0.3, 0.4) is 0 Å². The Morgan fingerprint density at radius 2 is 1.95 bits per heavy atom. The van der Waals surface area contributed by atoms with E-state index in [1.165, 1.54) is 0 Å². The molecule has 0 aromatic heterocycles. The van der Waals surface area contributed by atoms with E-state index in [4.69, 9.17) is 9.47 Å². The average molecular weight is 321 g/mol. The molecule has 0 bridgehead atoms. The molecule has 7 heteroatoms. The molecule has 1 unspecified atom stereocenters. The molecule has 1 fully saturated rings. The Labute approximate surface area is 129 Å². The summed E-state index contributed by atoms with van der Waals surface area (Å²) in [5.74, 6) is -3.30. The van der Waals surface area contributed by atoms with Crippen LogP contribution >= 0.6 is 0 Å². The van der Waals surface area contributed by atoms with E-state index in [0.29, 0.717) is 6.42 Å². The SMILES string of the molecule is CCOC(=O)CCC1CCC(F)(F)CN1C(=O)OC(C)(C)C. The molecule has 0 spiro atoms. The lowest BCUT2D eigenvalue weighted by Crippen LogP contribution is -2.52. The summed E-state index contributed by atoms with van der Waals surface area (Å²) in [7, 11) is 0. The van der Waals surface area contributed by atoms with E-state index in [-0.39, 0.29) is 31.8 Å². The van der Waals surface area contributed by atoms with Crippen LogP contribution in [0.2, 0.25) is 0 Å². The lowest BCUT2D eigenvalue weighted by molar-refractivity contribution is -0.144. The lowest BCUT2D eigenvalue weighted by atomic mass is 9.96. The van der Waals surface area contributed by atoms with Crippen LogP contribution in [-0.4, -0.2) is 47.7 Å². The summed E-state index contributed by atoms with van der Waals surface area (Å²) in [6.07, 6.45) is -0.510. The third-order valence-electron chi connectivity index (χ3n) is 3.30. The molecule has 128 valence electrons. The number of carbonyl (C=O) groups excluding carboxylic acids is 2. The fourth-order valence-corrected chi connectivity index (χ4v) is 2.34. The van der Waals surface area contributed by atoms with Crippen LogP contribution in [-0.2, 0) is 14.3 Å². The molecular weight excluding hydrogens is 296 g/mol. The quantitative estimate of drug-likeness (QED) is 0.745. The Balaban J connectivity index is 2.71. The number of hydrogen-bond acceptors (Lipinski definition) is 4. The maximum atomic E-state index is 13.6. The topological polar surface area (TPSA) is 55.8 Å². The van der Waals surface area contributed by atoms with Crippen molar-refractivity contribution in [3.05, 3.63) is 0 Å². The number of halogens is 2. The second-order valence-corrected chi connectivity index (χ2v) is 6.50. The van der Waals surface area contributed by atoms with Crippen molar-refractivity contribution in [2.45, 2.75) is 70.9 Å². The van der Waals surface area contributed by atoms with Gasteiger partial charge >= 0.3 is 12.1 Å². The predicted molar refractivity (Wildman–Crippen MR) is 76.8 cm³/mol. The third kappa shape index (κ3) is 6.15. The molecule has 0 radical (unpaired) electrons. The molecule has 22 heavy (non-hydrogen) atoms. The van der Waals surface area contributed by atoms with E-state index in [1.807, 2.05) is 0 Å². The van der Waals surface area contributed by atoms with Crippen LogP contribution in [0.15, 0.2) is 0 Å². The van der Waals surface area contributed by atoms with Crippen LogP contribution in [0.25, 0.3) is 0 Å². The van der Waals surface area contributed by atoms with Crippen LogP contribution in [0.1, 0.15) is 53.4 Å². The second kappa shape index (κ2) is 7.24. The summed E-state index contributed by atoms with van der Waals surface area (Å²) in [6.45, 7) is 6.35. The Morgan fingerprint density at radius 1 is 1.32 bits per heavy atom. The molecule has 0 N–H and O–H groups in total. The number of piperidine rings is 1. The summed E-state index contributed by atoms with van der Waals surface area (Å²) >= 11 is 0. The Morgan fingerprint density at radius 3 is 2.50 bits per heavy atom. The van der Waals surface area contributed by atoms with Crippen molar-refractivity contribution in [1.29, 1.82) is 0 Å². The van der Waals surface area contributed by atoms with Crippen LogP contribution in [0, 0.1) is 0 Å². The number of rotatable bonds is 4. The first-order valence-electron chi connectivity index (χ1n) is 7.57. The molecule has 0 aliphatic carbocycles. The molecule has 1 rings (SSSR count). The van der Waals surface area contributed by atoms with Crippen LogP contribution < -0.4 is 0 Å². The lowest BCUT2D eigenvalue weighted by Gasteiger charge is -2.39. The van der Waals surface area contributed by atoms with Crippen molar-refractivity contribution >= 4 is 12.1 Å². The zero-order valence-corrected chi connectivity index (χ0v) is 13.7. The Kier molecular flexibility index (Phi) is 6.14. The van der Waals surface area contributed by atoms with Gasteiger partial charge in [-0.15, -0.1) is 0 Å². The highest BCUT2D eigenvalue weighted by Gasteiger charge is 2.43. The average Bonchev–Trinajstić information content (AvgIpc) is 2.34. The van der Waals surface area contributed by atoms with Gasteiger partial charge in [0.15, 0.2) is 0 Å². The van der Waals surface area contributed by atoms with Gasteiger partial charge in [0.25, 0.3) is 5.92 Å². The van der Waals surface area contributed by atoms with Gasteiger partial charge in [-0.25, -0.2) is 13.6 Å². The van der Waals surface area contributed by atoms with Gasteiger partial charge in [-0.1, -0.05) is 0 Å². The molecule has 0 aromatic rings. The van der Waals surface area contributed by atoms with Crippen molar-refractivity contribution in [1.82, 2.24) is 4.90 Å². The van der Waals surface area contributed by atoms with E-state index in [1.54, 1.807) is 27.7 Å². The Hall–Kier alpha value is -1.40. The van der Waals surface area contributed by atoms with Crippen molar-refractivity contribution in [2.24, 2.45) is 0 Å². The van der Waals surface area contributed by atoms with Gasteiger partial charge in [0.05, 0.1) is 13.2 Å². The molecule has 1 aliphatic heterocycles.